The van der Waals surface area contributed by atoms with Gasteiger partial charge in [0.15, 0.2) is 0 Å². The van der Waals surface area contributed by atoms with Crippen LogP contribution in [0.2, 0.25) is 0 Å². The van der Waals surface area contributed by atoms with Crippen molar-refractivity contribution in [1.29, 1.82) is 0 Å². The summed E-state index contributed by atoms with van der Waals surface area (Å²) in [6, 6.07) is 22.2. The predicted molar refractivity (Wildman–Crippen MR) is 107 cm³/mol. The molecule has 0 saturated carbocycles. The highest BCUT2D eigenvalue weighted by Gasteiger charge is 2.34. The number of amides is 2. The van der Waals surface area contributed by atoms with Crippen LogP contribution in [0.4, 0.5) is 10.1 Å². The van der Waals surface area contributed by atoms with Crippen LogP contribution < -0.4 is 15.2 Å². The number of halogens is 1. The number of ether oxygens (including phenoxy) is 1. The fourth-order valence-corrected chi connectivity index (χ4v) is 2.95. The number of hydrogen-bond acceptors (Lipinski definition) is 3. The van der Waals surface area contributed by atoms with E-state index in [0.717, 1.165) is 0 Å². The highest BCUT2D eigenvalue weighted by molar-refractivity contribution is 6.31. The van der Waals surface area contributed by atoms with Gasteiger partial charge in [0.05, 0.1) is 5.69 Å². The van der Waals surface area contributed by atoms with Crippen molar-refractivity contribution in [3.05, 3.63) is 101 Å². The predicted octanol–water partition coefficient (Wildman–Crippen LogP) is 3.87. The van der Waals surface area contributed by atoms with E-state index < -0.39 is 11.8 Å². The Hall–Kier alpha value is -3.93. The lowest BCUT2D eigenvalue weighted by atomic mass is 10.1. The normalized spacial score (nSPS) is 14.9. The van der Waals surface area contributed by atoms with Crippen LogP contribution in [0.1, 0.15) is 11.1 Å². The van der Waals surface area contributed by atoms with Gasteiger partial charge in [-0.25, -0.2) is 9.40 Å². The number of hydrogen-bond donors (Lipinski definition) is 1. The van der Waals surface area contributed by atoms with E-state index in [-0.39, 0.29) is 18.0 Å². The maximum atomic E-state index is 13.7. The Bertz CT molecular complexity index is 1100. The number of hydrazine groups is 1. The third-order valence-electron chi connectivity index (χ3n) is 4.43. The average molecular weight is 388 g/mol. The molecule has 5 nitrogen and oxygen atoms in total. The molecule has 1 N–H and O–H groups in total. The molecule has 1 heterocycles. The molecule has 0 aliphatic carbocycles. The summed E-state index contributed by atoms with van der Waals surface area (Å²) in [4.78, 5) is 24.9. The number of carbonyl (C=O) groups is 2. The Morgan fingerprint density at radius 1 is 0.931 bits per heavy atom. The van der Waals surface area contributed by atoms with Crippen molar-refractivity contribution in [1.82, 2.24) is 5.43 Å². The van der Waals surface area contributed by atoms with Gasteiger partial charge in [-0.15, -0.1) is 0 Å². The summed E-state index contributed by atoms with van der Waals surface area (Å²) < 4.78 is 19.4. The zero-order valence-electron chi connectivity index (χ0n) is 15.3. The van der Waals surface area contributed by atoms with Crippen LogP contribution in [0.5, 0.6) is 5.75 Å². The molecule has 6 heteroatoms. The van der Waals surface area contributed by atoms with E-state index in [1.54, 1.807) is 66.7 Å². The zero-order chi connectivity index (χ0) is 20.2. The second-order valence-electron chi connectivity index (χ2n) is 6.43. The van der Waals surface area contributed by atoms with Crippen molar-refractivity contribution in [2.24, 2.45) is 0 Å². The second kappa shape index (κ2) is 7.98. The van der Waals surface area contributed by atoms with Gasteiger partial charge in [0.1, 0.15) is 23.7 Å². The molecule has 0 spiro atoms. The smallest absolute Gasteiger partial charge is 0.282 e. The van der Waals surface area contributed by atoms with E-state index >= 15 is 0 Å². The van der Waals surface area contributed by atoms with Gasteiger partial charge in [-0.2, -0.15) is 0 Å². The van der Waals surface area contributed by atoms with Crippen molar-refractivity contribution in [2.75, 3.05) is 5.01 Å². The molecular formula is C23H17FN2O3. The van der Waals surface area contributed by atoms with Crippen molar-refractivity contribution >= 4 is 23.6 Å². The molecule has 1 saturated heterocycles. The highest BCUT2D eigenvalue weighted by atomic mass is 19.1. The van der Waals surface area contributed by atoms with Crippen molar-refractivity contribution in [2.45, 2.75) is 6.61 Å². The number of carbonyl (C=O) groups excluding carboxylic acids is 2. The molecule has 0 radical (unpaired) electrons. The minimum Gasteiger partial charge on any atom is -0.489 e. The molecule has 0 bridgehead atoms. The van der Waals surface area contributed by atoms with E-state index in [1.807, 2.05) is 6.07 Å². The van der Waals surface area contributed by atoms with Crippen LogP contribution in [0.15, 0.2) is 84.4 Å². The Morgan fingerprint density at radius 3 is 2.48 bits per heavy atom. The van der Waals surface area contributed by atoms with Gasteiger partial charge in [0.25, 0.3) is 11.8 Å². The first-order chi connectivity index (χ1) is 14.1. The van der Waals surface area contributed by atoms with Gasteiger partial charge >= 0.3 is 0 Å². The molecule has 0 unspecified atom stereocenters. The number of nitrogens with one attached hydrogen (secondary N) is 1. The van der Waals surface area contributed by atoms with E-state index in [0.29, 0.717) is 22.6 Å². The molecule has 4 rings (SSSR count). The largest absolute Gasteiger partial charge is 0.489 e. The Balaban J connectivity index is 1.52. The molecule has 2 amide bonds. The molecule has 0 atom stereocenters. The van der Waals surface area contributed by atoms with Crippen molar-refractivity contribution in [3.8, 4) is 5.75 Å². The molecule has 3 aromatic rings. The monoisotopic (exact) mass is 388 g/mol. The number of nitrogens with zero attached hydrogens (tertiary/aromatic N) is 1. The highest BCUT2D eigenvalue weighted by Crippen LogP contribution is 2.23. The Morgan fingerprint density at radius 2 is 1.69 bits per heavy atom. The van der Waals surface area contributed by atoms with E-state index in [4.69, 9.17) is 4.74 Å². The molecule has 0 aromatic heterocycles. The fraction of sp³-hybridized carbons (Fsp3) is 0.0435. The number of para-hydroxylation sites is 1. The third-order valence-corrected chi connectivity index (χ3v) is 4.43. The summed E-state index contributed by atoms with van der Waals surface area (Å²) in [6.07, 6.45) is 1.51. The maximum absolute atomic E-state index is 13.7. The summed E-state index contributed by atoms with van der Waals surface area (Å²) in [5.41, 5.74) is 4.24. The summed E-state index contributed by atoms with van der Waals surface area (Å²) in [5.74, 6) is -0.733. The average Bonchev–Trinajstić information content (AvgIpc) is 3.02. The first-order valence-corrected chi connectivity index (χ1v) is 9.00. The van der Waals surface area contributed by atoms with E-state index in [9.17, 15) is 14.0 Å². The quantitative estimate of drug-likeness (QED) is 0.533. The first kappa shape index (κ1) is 18.4. The number of anilines is 1. The van der Waals surface area contributed by atoms with Crippen LogP contribution >= 0.6 is 0 Å². The number of benzene rings is 3. The number of rotatable bonds is 5. The van der Waals surface area contributed by atoms with Crippen LogP contribution in [-0.2, 0) is 16.2 Å². The lowest BCUT2D eigenvalue weighted by Gasteiger charge is -2.13. The van der Waals surface area contributed by atoms with E-state index in [2.05, 4.69) is 5.43 Å². The molecule has 1 aliphatic heterocycles. The van der Waals surface area contributed by atoms with Gasteiger partial charge in [-0.1, -0.05) is 48.5 Å². The third kappa shape index (κ3) is 4.01. The van der Waals surface area contributed by atoms with Crippen molar-refractivity contribution in [3.63, 3.8) is 0 Å². The minimum absolute atomic E-state index is 0.0279. The van der Waals surface area contributed by atoms with Gasteiger partial charge in [-0.3, -0.25) is 15.0 Å². The maximum Gasteiger partial charge on any atom is 0.282 e. The molecule has 1 aliphatic rings. The van der Waals surface area contributed by atoms with Crippen LogP contribution in [-0.4, -0.2) is 11.8 Å². The first-order valence-electron chi connectivity index (χ1n) is 9.00. The van der Waals surface area contributed by atoms with Crippen LogP contribution in [0.3, 0.4) is 0 Å². The van der Waals surface area contributed by atoms with Crippen LogP contribution in [0, 0.1) is 5.82 Å². The molecule has 144 valence electrons. The Kier molecular flexibility index (Phi) is 5.07. The van der Waals surface area contributed by atoms with Gasteiger partial charge < -0.3 is 4.74 Å². The van der Waals surface area contributed by atoms with Crippen LogP contribution in [0.25, 0.3) is 6.08 Å². The summed E-state index contributed by atoms with van der Waals surface area (Å²) in [7, 11) is 0. The molecular weight excluding hydrogens is 371 g/mol. The summed E-state index contributed by atoms with van der Waals surface area (Å²) in [5, 5.41) is 1.21. The molecule has 3 aromatic carbocycles. The second-order valence-corrected chi connectivity index (χ2v) is 6.43. The summed E-state index contributed by atoms with van der Waals surface area (Å²) in [6.45, 7) is 0.0773. The topological polar surface area (TPSA) is 58.6 Å². The lowest BCUT2D eigenvalue weighted by molar-refractivity contribution is -0.117. The van der Waals surface area contributed by atoms with E-state index in [1.165, 1.54) is 17.2 Å². The van der Waals surface area contributed by atoms with Gasteiger partial charge in [0, 0.05) is 5.56 Å². The SMILES string of the molecule is O=C1NN(c2ccccc2)C(=O)C1=Cc1cccc(OCc2ccccc2F)c1. The zero-order valence-corrected chi connectivity index (χ0v) is 15.3. The Labute approximate surface area is 167 Å². The molecule has 1 fully saturated rings. The fourth-order valence-electron chi connectivity index (χ4n) is 2.95. The van der Waals surface area contributed by atoms with Crippen molar-refractivity contribution < 1.29 is 18.7 Å². The molecule has 29 heavy (non-hydrogen) atoms. The lowest BCUT2D eigenvalue weighted by Crippen LogP contribution is -2.35. The summed E-state index contributed by atoms with van der Waals surface area (Å²) >= 11 is 0. The minimum atomic E-state index is -0.475. The van der Waals surface area contributed by atoms with Gasteiger partial charge in [0.2, 0.25) is 0 Å². The standard InChI is InChI=1S/C23H17FN2O3/c24-21-12-5-4-8-17(21)15-29-19-11-6-7-16(13-19)14-20-22(27)25-26(23(20)28)18-9-2-1-3-10-18/h1-14H,15H2,(H,25,27). The van der Waals surface area contributed by atoms with Gasteiger partial charge in [-0.05, 0) is 42.0 Å².